The summed E-state index contributed by atoms with van der Waals surface area (Å²) in [6.07, 6.45) is 13.8. The van der Waals surface area contributed by atoms with Crippen molar-refractivity contribution in [3.8, 4) is 0 Å². The quantitative estimate of drug-likeness (QED) is 0.154. The van der Waals surface area contributed by atoms with Gasteiger partial charge in [-0.25, -0.2) is 13.6 Å². The lowest BCUT2D eigenvalue weighted by Gasteiger charge is -2.11. The van der Waals surface area contributed by atoms with E-state index in [1.165, 1.54) is 51.0 Å². The van der Waals surface area contributed by atoms with Crippen molar-refractivity contribution < 1.29 is 18.3 Å². The number of ether oxygens (including phenoxy) is 1. The van der Waals surface area contributed by atoms with E-state index in [-0.39, 0.29) is 21.6 Å². The van der Waals surface area contributed by atoms with Gasteiger partial charge in [0.25, 0.3) is 0 Å². The maximum atomic E-state index is 11.9. The van der Waals surface area contributed by atoms with Crippen LogP contribution in [0.15, 0.2) is 12.7 Å². The Labute approximate surface area is 142 Å². The molecule has 1 atom stereocenters. The highest BCUT2D eigenvalue weighted by Gasteiger charge is 2.05. The molecule has 2 radical (unpaired) electrons. The van der Waals surface area contributed by atoms with Crippen LogP contribution in [0, 0.1) is 0 Å². The van der Waals surface area contributed by atoms with E-state index in [4.69, 9.17) is 4.74 Å². The molecule has 2 nitrogen and oxygen atoms in total. The molecule has 5 heteroatoms. The molecule has 134 valence electrons. The number of carbonyl (C=O) groups excluding carboxylic acids is 1. The molecule has 1 unspecified atom stereocenters. The standard InChI is InChI=1S/C18H32F2O2Si/c1-3-17(21)22-16(2)14-12-10-8-6-4-5-7-9-11-13-15-23-18(19)20/h3,16,18H,1,4-15H2,2H3. The molecule has 0 aromatic carbocycles. The number of halogens is 2. The topological polar surface area (TPSA) is 26.3 Å². The average Bonchev–Trinajstić information content (AvgIpc) is 2.51. The minimum absolute atomic E-state index is 0.0221. The van der Waals surface area contributed by atoms with E-state index in [1.807, 2.05) is 6.92 Å². The third-order valence-electron chi connectivity index (χ3n) is 3.82. The first kappa shape index (κ1) is 22.3. The Hall–Kier alpha value is -0.713. The second-order valence-corrected chi connectivity index (χ2v) is 7.38. The normalized spacial score (nSPS) is 12.3. The van der Waals surface area contributed by atoms with Crippen LogP contribution in [-0.2, 0) is 9.53 Å². The molecule has 0 aliphatic heterocycles. The molecule has 0 N–H and O–H groups in total. The first-order valence-corrected chi connectivity index (χ1v) is 10.2. The van der Waals surface area contributed by atoms with Gasteiger partial charge >= 0.3 is 5.97 Å². The Morgan fingerprint density at radius 3 is 1.96 bits per heavy atom. The van der Waals surface area contributed by atoms with Crippen molar-refractivity contribution in [2.75, 3.05) is 0 Å². The van der Waals surface area contributed by atoms with E-state index in [1.54, 1.807) is 0 Å². The largest absolute Gasteiger partial charge is 0.460 e. The Bertz CT molecular complexity index is 299. The molecule has 0 aromatic rings. The highest BCUT2D eigenvalue weighted by Crippen LogP contribution is 2.13. The SMILES string of the molecule is C=CC(=O)OC(C)CCCCCCCCCCCC[Si]C(F)F. The van der Waals surface area contributed by atoms with E-state index in [9.17, 15) is 13.6 Å². The zero-order valence-electron chi connectivity index (χ0n) is 14.5. The third kappa shape index (κ3) is 17.5. The van der Waals surface area contributed by atoms with Crippen LogP contribution in [0.3, 0.4) is 0 Å². The lowest BCUT2D eigenvalue weighted by atomic mass is 10.0. The van der Waals surface area contributed by atoms with E-state index in [2.05, 4.69) is 6.58 Å². The van der Waals surface area contributed by atoms with Crippen LogP contribution in [0.25, 0.3) is 0 Å². The van der Waals surface area contributed by atoms with Gasteiger partial charge in [0, 0.05) is 6.08 Å². The van der Waals surface area contributed by atoms with Crippen LogP contribution in [0.5, 0.6) is 0 Å². The number of carbonyl (C=O) groups is 1. The van der Waals surface area contributed by atoms with Gasteiger partial charge in [-0.15, -0.1) is 0 Å². The minimum atomic E-state index is -2.10. The van der Waals surface area contributed by atoms with Gasteiger partial charge in [0.15, 0.2) is 0 Å². The van der Waals surface area contributed by atoms with Crippen LogP contribution in [-0.4, -0.2) is 27.6 Å². The highest BCUT2D eigenvalue weighted by molar-refractivity contribution is 6.36. The van der Waals surface area contributed by atoms with E-state index in [0.29, 0.717) is 6.04 Å². The monoisotopic (exact) mass is 346 g/mol. The highest BCUT2D eigenvalue weighted by atomic mass is 28.2. The molecule has 0 heterocycles. The number of hydrogen-bond acceptors (Lipinski definition) is 2. The fourth-order valence-corrected chi connectivity index (χ4v) is 3.16. The maximum Gasteiger partial charge on any atom is 0.330 e. The summed E-state index contributed by atoms with van der Waals surface area (Å²) in [5, 5.41) is 0. The number of rotatable bonds is 16. The zero-order chi connectivity index (χ0) is 17.3. The van der Waals surface area contributed by atoms with Crippen molar-refractivity contribution in [2.24, 2.45) is 0 Å². The minimum Gasteiger partial charge on any atom is -0.460 e. The summed E-state index contributed by atoms with van der Waals surface area (Å²) in [4.78, 5) is 11.0. The lowest BCUT2D eigenvalue weighted by Crippen LogP contribution is -2.12. The number of unbranched alkanes of at least 4 members (excludes halogenated alkanes) is 9. The van der Waals surface area contributed by atoms with Gasteiger partial charge in [0.1, 0.15) is 9.52 Å². The average molecular weight is 347 g/mol. The molecular weight excluding hydrogens is 314 g/mol. The van der Waals surface area contributed by atoms with Crippen LogP contribution in [0.2, 0.25) is 6.04 Å². The summed E-state index contributed by atoms with van der Waals surface area (Å²) in [5.74, 6) is -0.341. The van der Waals surface area contributed by atoms with Crippen molar-refractivity contribution in [3.63, 3.8) is 0 Å². The molecule has 0 aliphatic carbocycles. The van der Waals surface area contributed by atoms with Crippen molar-refractivity contribution in [3.05, 3.63) is 12.7 Å². The number of esters is 1. The second kappa shape index (κ2) is 16.2. The smallest absolute Gasteiger partial charge is 0.330 e. The van der Waals surface area contributed by atoms with Crippen molar-refractivity contribution in [1.82, 2.24) is 0 Å². The van der Waals surface area contributed by atoms with Gasteiger partial charge in [-0.1, -0.05) is 70.4 Å². The third-order valence-corrected chi connectivity index (χ3v) is 4.77. The zero-order valence-corrected chi connectivity index (χ0v) is 15.5. The van der Waals surface area contributed by atoms with E-state index in [0.717, 1.165) is 25.7 Å². The molecule has 0 saturated carbocycles. The van der Waals surface area contributed by atoms with Crippen molar-refractivity contribution in [1.29, 1.82) is 0 Å². The number of hydrogen-bond donors (Lipinski definition) is 0. The van der Waals surface area contributed by atoms with E-state index >= 15 is 0 Å². The van der Waals surface area contributed by atoms with Crippen LogP contribution in [0.4, 0.5) is 8.78 Å². The van der Waals surface area contributed by atoms with Gasteiger partial charge in [0.2, 0.25) is 6.05 Å². The molecular formula is C18H32F2O2Si. The fourth-order valence-electron chi connectivity index (χ4n) is 2.49. The van der Waals surface area contributed by atoms with Crippen LogP contribution >= 0.6 is 0 Å². The molecule has 0 saturated heterocycles. The van der Waals surface area contributed by atoms with Crippen molar-refractivity contribution >= 4 is 15.5 Å². The van der Waals surface area contributed by atoms with Crippen LogP contribution < -0.4 is 0 Å². The summed E-state index contributed by atoms with van der Waals surface area (Å²) in [5.41, 5.74) is 0. The van der Waals surface area contributed by atoms with Gasteiger partial charge in [-0.05, 0) is 19.8 Å². The van der Waals surface area contributed by atoms with Gasteiger partial charge < -0.3 is 4.74 Å². The van der Waals surface area contributed by atoms with Crippen LogP contribution in [0.1, 0.15) is 77.6 Å². The second-order valence-electron chi connectivity index (χ2n) is 6.03. The molecule has 0 aromatic heterocycles. The molecule has 0 bridgehead atoms. The molecule has 0 fully saturated rings. The Morgan fingerprint density at radius 2 is 1.48 bits per heavy atom. The molecule has 0 aliphatic rings. The van der Waals surface area contributed by atoms with Gasteiger partial charge in [-0.3, -0.25) is 0 Å². The van der Waals surface area contributed by atoms with E-state index < -0.39 is 6.05 Å². The predicted molar refractivity (Wildman–Crippen MR) is 93.1 cm³/mol. The summed E-state index contributed by atoms with van der Waals surface area (Å²) in [6.45, 7) is 5.30. The first-order valence-electron chi connectivity index (χ1n) is 8.91. The fraction of sp³-hybridized carbons (Fsp3) is 0.833. The summed E-state index contributed by atoms with van der Waals surface area (Å²) in [6, 6.07) is -1.41. The summed E-state index contributed by atoms with van der Waals surface area (Å²) < 4.78 is 29.0. The van der Waals surface area contributed by atoms with Gasteiger partial charge in [0.05, 0.1) is 6.10 Å². The summed E-state index contributed by atoms with van der Waals surface area (Å²) >= 11 is 0. The van der Waals surface area contributed by atoms with Gasteiger partial charge in [-0.2, -0.15) is 0 Å². The Kier molecular flexibility index (Phi) is 15.7. The molecule has 23 heavy (non-hydrogen) atoms. The lowest BCUT2D eigenvalue weighted by molar-refractivity contribution is -0.142. The summed E-state index contributed by atoms with van der Waals surface area (Å²) in [7, 11) is -0.169. The molecule has 0 amide bonds. The molecule has 0 spiro atoms. The molecule has 0 rings (SSSR count). The predicted octanol–water partition coefficient (Wildman–Crippen LogP) is 5.74. The Balaban J connectivity index is 3.16. The Morgan fingerprint density at radius 1 is 1.00 bits per heavy atom. The van der Waals surface area contributed by atoms with Crippen molar-refractivity contribution in [2.45, 2.75) is 95.7 Å². The maximum absolute atomic E-state index is 11.9. The number of alkyl halides is 2. The first-order chi connectivity index (χ1) is 11.1.